The molecule has 0 amide bonds. The monoisotopic (exact) mass is 200 g/mol. The summed E-state index contributed by atoms with van der Waals surface area (Å²) in [7, 11) is 0. The van der Waals surface area contributed by atoms with Crippen LogP contribution in [-0.2, 0) is 9.59 Å². The van der Waals surface area contributed by atoms with Crippen molar-refractivity contribution in [3.63, 3.8) is 0 Å². The average molecular weight is 200 g/mol. The van der Waals surface area contributed by atoms with Gasteiger partial charge in [0.1, 0.15) is 5.78 Å². The van der Waals surface area contributed by atoms with Crippen LogP contribution in [0, 0.1) is 5.92 Å². The van der Waals surface area contributed by atoms with Gasteiger partial charge in [0.05, 0.1) is 6.42 Å². The summed E-state index contributed by atoms with van der Waals surface area (Å²) in [5.41, 5.74) is 0. The number of Topliss-reactive ketones (excluding diaryl/α,β-unsaturated/α-hetero) is 1. The number of unbranched alkanes of at least 4 members (excludes halogenated alkanes) is 2. The fraction of sp³-hybridized carbons (Fsp3) is 0.818. The summed E-state index contributed by atoms with van der Waals surface area (Å²) in [4.78, 5) is 21.6. The Bertz CT molecular complexity index is 187. The first-order valence-electron chi connectivity index (χ1n) is 5.32. The zero-order valence-corrected chi connectivity index (χ0v) is 9.08. The van der Waals surface area contributed by atoms with E-state index in [1.54, 1.807) is 0 Å². The third-order valence-corrected chi connectivity index (χ3v) is 2.38. The molecule has 0 rings (SSSR count). The van der Waals surface area contributed by atoms with Crippen molar-refractivity contribution in [2.24, 2.45) is 5.92 Å². The molecule has 0 aliphatic carbocycles. The van der Waals surface area contributed by atoms with Gasteiger partial charge in [0.25, 0.3) is 0 Å². The number of hydrogen-bond acceptors (Lipinski definition) is 2. The maximum atomic E-state index is 11.4. The molecule has 3 nitrogen and oxygen atoms in total. The lowest BCUT2D eigenvalue weighted by atomic mass is 9.96. The van der Waals surface area contributed by atoms with Crippen LogP contribution in [0.4, 0.5) is 0 Å². The van der Waals surface area contributed by atoms with Crippen molar-refractivity contribution in [1.29, 1.82) is 0 Å². The minimum absolute atomic E-state index is 0.0286. The molecule has 0 radical (unpaired) electrons. The molecule has 0 saturated carbocycles. The fourth-order valence-electron chi connectivity index (χ4n) is 1.34. The molecule has 0 aromatic carbocycles. The van der Waals surface area contributed by atoms with Crippen LogP contribution in [0.1, 0.15) is 52.4 Å². The fourth-order valence-corrected chi connectivity index (χ4v) is 1.34. The Morgan fingerprint density at radius 1 is 1.21 bits per heavy atom. The van der Waals surface area contributed by atoms with Gasteiger partial charge in [-0.05, 0) is 6.42 Å². The number of aliphatic carboxylic acids is 1. The number of ketones is 1. The molecule has 1 unspecified atom stereocenters. The Morgan fingerprint density at radius 2 is 1.86 bits per heavy atom. The summed E-state index contributed by atoms with van der Waals surface area (Å²) in [5.74, 6) is -0.775. The molecule has 1 N–H and O–H groups in total. The minimum Gasteiger partial charge on any atom is -0.481 e. The van der Waals surface area contributed by atoms with Gasteiger partial charge in [-0.25, -0.2) is 0 Å². The summed E-state index contributed by atoms with van der Waals surface area (Å²) in [6.07, 6.45) is 4.41. The lowest BCUT2D eigenvalue weighted by molar-refractivity contribution is -0.139. The molecule has 82 valence electrons. The Hall–Kier alpha value is -0.860. The lowest BCUT2D eigenvalue weighted by Crippen LogP contribution is -2.12. The van der Waals surface area contributed by atoms with Gasteiger partial charge < -0.3 is 5.11 Å². The van der Waals surface area contributed by atoms with E-state index in [-0.39, 0.29) is 24.5 Å². The second kappa shape index (κ2) is 7.54. The first-order chi connectivity index (χ1) is 6.57. The number of carbonyl (C=O) groups excluding carboxylic acids is 1. The van der Waals surface area contributed by atoms with Gasteiger partial charge in [-0.1, -0.05) is 33.1 Å². The molecule has 0 fully saturated rings. The molecular weight excluding hydrogens is 180 g/mol. The van der Waals surface area contributed by atoms with Gasteiger partial charge in [-0.2, -0.15) is 0 Å². The van der Waals surface area contributed by atoms with Crippen molar-refractivity contribution < 1.29 is 14.7 Å². The van der Waals surface area contributed by atoms with Crippen LogP contribution in [-0.4, -0.2) is 16.9 Å². The predicted molar refractivity (Wildman–Crippen MR) is 55.2 cm³/mol. The predicted octanol–water partition coefficient (Wildman–Crippen LogP) is 2.64. The second-order valence-corrected chi connectivity index (χ2v) is 3.76. The lowest BCUT2D eigenvalue weighted by Gasteiger charge is -2.08. The topological polar surface area (TPSA) is 54.4 Å². The summed E-state index contributed by atoms with van der Waals surface area (Å²) in [6, 6.07) is 0. The van der Waals surface area contributed by atoms with Crippen molar-refractivity contribution >= 4 is 11.8 Å². The molecule has 1 atom stereocenters. The Labute approximate surface area is 85.5 Å². The van der Waals surface area contributed by atoms with E-state index in [1.807, 2.05) is 6.92 Å². The van der Waals surface area contributed by atoms with E-state index in [4.69, 9.17) is 5.11 Å². The first kappa shape index (κ1) is 13.1. The third-order valence-electron chi connectivity index (χ3n) is 2.38. The normalized spacial score (nSPS) is 12.4. The highest BCUT2D eigenvalue weighted by Crippen LogP contribution is 2.12. The summed E-state index contributed by atoms with van der Waals surface area (Å²) in [5, 5.41) is 8.41. The maximum Gasteiger partial charge on any atom is 0.303 e. The number of carbonyl (C=O) groups is 2. The zero-order chi connectivity index (χ0) is 11.0. The molecule has 0 aliphatic heterocycles. The second-order valence-electron chi connectivity index (χ2n) is 3.76. The zero-order valence-electron chi connectivity index (χ0n) is 9.08. The van der Waals surface area contributed by atoms with Crippen LogP contribution in [0.2, 0.25) is 0 Å². The van der Waals surface area contributed by atoms with Crippen molar-refractivity contribution in [2.75, 3.05) is 0 Å². The Balaban J connectivity index is 3.59. The van der Waals surface area contributed by atoms with Crippen LogP contribution in [0.3, 0.4) is 0 Å². The minimum atomic E-state index is -0.890. The van der Waals surface area contributed by atoms with E-state index in [9.17, 15) is 9.59 Å². The molecular formula is C11H20O3. The van der Waals surface area contributed by atoms with E-state index in [0.717, 1.165) is 25.7 Å². The number of carboxylic acid groups (broad SMARTS) is 1. The SMILES string of the molecule is CCCCCC(C)C(=O)CCC(=O)O. The van der Waals surface area contributed by atoms with Gasteiger partial charge in [-0.15, -0.1) is 0 Å². The van der Waals surface area contributed by atoms with Crippen molar-refractivity contribution in [3.8, 4) is 0 Å². The number of rotatable bonds is 8. The summed E-state index contributed by atoms with van der Waals surface area (Å²) >= 11 is 0. The van der Waals surface area contributed by atoms with Crippen LogP contribution in [0.25, 0.3) is 0 Å². The van der Waals surface area contributed by atoms with Crippen molar-refractivity contribution in [2.45, 2.75) is 52.4 Å². The first-order valence-corrected chi connectivity index (χ1v) is 5.32. The Kier molecular flexibility index (Phi) is 7.07. The molecule has 0 spiro atoms. The van der Waals surface area contributed by atoms with Gasteiger partial charge in [0.15, 0.2) is 0 Å². The van der Waals surface area contributed by atoms with Crippen LogP contribution in [0.15, 0.2) is 0 Å². The van der Waals surface area contributed by atoms with E-state index in [1.165, 1.54) is 0 Å². The van der Waals surface area contributed by atoms with Crippen molar-refractivity contribution in [3.05, 3.63) is 0 Å². The quantitative estimate of drug-likeness (QED) is 0.613. The average Bonchev–Trinajstić information content (AvgIpc) is 2.14. The third kappa shape index (κ3) is 6.63. The number of carboxylic acids is 1. The maximum absolute atomic E-state index is 11.4. The van der Waals surface area contributed by atoms with Gasteiger partial charge in [0.2, 0.25) is 0 Å². The van der Waals surface area contributed by atoms with E-state index in [2.05, 4.69) is 6.92 Å². The molecule has 0 aromatic heterocycles. The molecule has 14 heavy (non-hydrogen) atoms. The van der Waals surface area contributed by atoms with Crippen LogP contribution in [0.5, 0.6) is 0 Å². The van der Waals surface area contributed by atoms with Gasteiger partial charge >= 0.3 is 5.97 Å². The van der Waals surface area contributed by atoms with E-state index in [0.29, 0.717) is 0 Å². The number of hydrogen-bond donors (Lipinski definition) is 1. The van der Waals surface area contributed by atoms with Gasteiger partial charge in [-0.3, -0.25) is 9.59 Å². The molecule has 0 bridgehead atoms. The van der Waals surface area contributed by atoms with Gasteiger partial charge in [0, 0.05) is 12.3 Å². The summed E-state index contributed by atoms with van der Waals surface area (Å²) < 4.78 is 0. The Morgan fingerprint density at radius 3 is 2.36 bits per heavy atom. The highest BCUT2D eigenvalue weighted by atomic mass is 16.4. The van der Waals surface area contributed by atoms with Crippen molar-refractivity contribution in [1.82, 2.24) is 0 Å². The smallest absolute Gasteiger partial charge is 0.303 e. The molecule has 0 aliphatic rings. The molecule has 3 heteroatoms. The molecule has 0 aromatic rings. The highest BCUT2D eigenvalue weighted by Gasteiger charge is 2.13. The molecule has 0 heterocycles. The van der Waals surface area contributed by atoms with Crippen LogP contribution >= 0.6 is 0 Å². The largest absolute Gasteiger partial charge is 0.481 e. The highest BCUT2D eigenvalue weighted by molar-refractivity contribution is 5.83. The van der Waals surface area contributed by atoms with Crippen LogP contribution < -0.4 is 0 Å². The van der Waals surface area contributed by atoms with E-state index < -0.39 is 5.97 Å². The standard InChI is InChI=1S/C11H20O3/c1-3-4-5-6-9(2)10(12)7-8-11(13)14/h9H,3-8H2,1-2H3,(H,13,14). The molecule has 0 saturated heterocycles. The van der Waals surface area contributed by atoms with E-state index >= 15 is 0 Å². The summed E-state index contributed by atoms with van der Waals surface area (Å²) in [6.45, 7) is 4.01.